The summed E-state index contributed by atoms with van der Waals surface area (Å²) >= 11 is 0. The van der Waals surface area contributed by atoms with Crippen LogP contribution in [0, 0.1) is 0 Å². The molecule has 0 aromatic carbocycles. The molecule has 0 aliphatic heterocycles. The fourth-order valence-electron chi connectivity index (χ4n) is 5.01. The fourth-order valence-corrected chi connectivity index (χ4v) is 5.79. The number of rotatable bonds is 35. The Kier molecular flexibility index (Phi) is 30.8. The van der Waals surface area contributed by atoms with Crippen molar-refractivity contribution in [1.82, 2.24) is 0 Å². The van der Waals surface area contributed by atoms with E-state index in [0.29, 0.717) is 13.0 Å². The van der Waals surface area contributed by atoms with Gasteiger partial charge in [0, 0.05) is 13.0 Å². The summed E-state index contributed by atoms with van der Waals surface area (Å²) in [5.74, 6) is -1.78. The third-order valence-corrected chi connectivity index (χ3v) is 8.84. The van der Waals surface area contributed by atoms with Gasteiger partial charge in [0.25, 0.3) is 0 Å². The van der Waals surface area contributed by atoms with Crippen LogP contribution in [-0.2, 0) is 32.7 Å². The lowest BCUT2D eigenvalue weighted by Gasteiger charge is -2.20. The van der Waals surface area contributed by atoms with Crippen molar-refractivity contribution in [2.24, 2.45) is 5.73 Å². The Balaban J connectivity index is 4.18. The summed E-state index contributed by atoms with van der Waals surface area (Å²) in [6, 6.07) is -1.47. The van der Waals surface area contributed by atoms with E-state index in [-0.39, 0.29) is 13.0 Å². The number of phosphoric acid groups is 1. The number of carbonyl (C=O) groups excluding carboxylic acids is 1. The summed E-state index contributed by atoms with van der Waals surface area (Å²) < 4.78 is 33.0. The average molecular weight is 666 g/mol. The van der Waals surface area contributed by atoms with E-state index >= 15 is 0 Å². The molecule has 45 heavy (non-hydrogen) atoms. The molecule has 0 rings (SSSR count). The lowest BCUT2D eigenvalue weighted by Crippen LogP contribution is -2.34. The Labute approximate surface area is 274 Å². The monoisotopic (exact) mass is 665 g/mol. The summed E-state index contributed by atoms with van der Waals surface area (Å²) in [5, 5.41) is 8.83. The zero-order valence-electron chi connectivity index (χ0n) is 28.7. The molecule has 0 aliphatic carbocycles. The van der Waals surface area contributed by atoms with E-state index in [9.17, 15) is 19.0 Å². The first-order chi connectivity index (χ1) is 21.7. The van der Waals surface area contributed by atoms with Crippen LogP contribution in [0.25, 0.3) is 0 Å². The molecule has 0 fully saturated rings. The van der Waals surface area contributed by atoms with Crippen molar-refractivity contribution in [3.63, 3.8) is 0 Å². The van der Waals surface area contributed by atoms with Gasteiger partial charge in [-0.25, -0.2) is 4.57 Å². The van der Waals surface area contributed by atoms with Gasteiger partial charge in [0.2, 0.25) is 0 Å². The predicted octanol–water partition coefficient (Wildman–Crippen LogP) is 8.86. The highest BCUT2D eigenvalue weighted by atomic mass is 31.2. The van der Waals surface area contributed by atoms with E-state index < -0.39 is 45.1 Å². The van der Waals surface area contributed by atoms with Crippen molar-refractivity contribution >= 4 is 19.8 Å². The van der Waals surface area contributed by atoms with Gasteiger partial charge in [-0.2, -0.15) is 0 Å². The van der Waals surface area contributed by atoms with Crippen LogP contribution in [0.5, 0.6) is 0 Å². The summed E-state index contributed by atoms with van der Waals surface area (Å²) in [6.07, 6.45) is 27.5. The molecule has 268 valence electrons. The van der Waals surface area contributed by atoms with Crippen LogP contribution in [-0.4, -0.2) is 60.5 Å². The molecule has 10 nitrogen and oxygen atoms in total. The van der Waals surface area contributed by atoms with Gasteiger partial charge in [0.05, 0.1) is 19.8 Å². The molecule has 0 heterocycles. The van der Waals surface area contributed by atoms with Crippen LogP contribution in [0.3, 0.4) is 0 Å². The summed E-state index contributed by atoms with van der Waals surface area (Å²) in [5.41, 5.74) is 5.32. The van der Waals surface area contributed by atoms with Crippen LogP contribution >= 0.6 is 7.82 Å². The molecule has 3 unspecified atom stereocenters. The molecule has 11 heteroatoms. The molecule has 0 saturated carbocycles. The van der Waals surface area contributed by atoms with Gasteiger partial charge in [-0.05, 0) is 12.8 Å². The van der Waals surface area contributed by atoms with Crippen molar-refractivity contribution in [2.45, 2.75) is 180 Å². The number of phosphoric ester groups is 1. The Morgan fingerprint density at radius 1 is 0.622 bits per heavy atom. The summed E-state index contributed by atoms with van der Waals surface area (Å²) in [6.45, 7) is 3.84. The maximum atomic E-state index is 12.4. The van der Waals surface area contributed by atoms with Gasteiger partial charge < -0.3 is 25.2 Å². The molecule has 0 aliphatic rings. The fraction of sp³-hybridized carbons (Fsp3) is 0.941. The molecular weight excluding hydrogens is 597 g/mol. The molecule has 0 spiro atoms. The normalized spacial score (nSPS) is 14.2. The average Bonchev–Trinajstić information content (AvgIpc) is 3.01. The number of esters is 1. The molecule has 0 amide bonds. The number of carboxylic acids is 1. The van der Waals surface area contributed by atoms with Gasteiger partial charge in [0.15, 0.2) is 0 Å². The highest BCUT2D eigenvalue weighted by molar-refractivity contribution is 7.47. The highest BCUT2D eigenvalue weighted by Crippen LogP contribution is 2.43. The van der Waals surface area contributed by atoms with E-state index in [1.54, 1.807) is 0 Å². The number of ether oxygens (including phenoxy) is 2. The number of hydrogen-bond acceptors (Lipinski definition) is 8. The summed E-state index contributed by atoms with van der Waals surface area (Å²) in [7, 11) is -4.59. The zero-order valence-corrected chi connectivity index (χ0v) is 29.6. The van der Waals surface area contributed by atoms with Crippen molar-refractivity contribution in [3.05, 3.63) is 0 Å². The van der Waals surface area contributed by atoms with Crippen molar-refractivity contribution in [1.29, 1.82) is 0 Å². The van der Waals surface area contributed by atoms with Gasteiger partial charge in [-0.3, -0.25) is 18.6 Å². The van der Waals surface area contributed by atoms with E-state index in [0.717, 1.165) is 38.5 Å². The second kappa shape index (κ2) is 31.6. The third-order valence-electron chi connectivity index (χ3n) is 7.89. The largest absolute Gasteiger partial charge is 0.480 e. The Morgan fingerprint density at radius 2 is 1.02 bits per heavy atom. The third kappa shape index (κ3) is 31.3. The van der Waals surface area contributed by atoms with E-state index in [2.05, 4.69) is 18.4 Å². The second-order valence-electron chi connectivity index (χ2n) is 12.4. The number of carbonyl (C=O) groups is 2. The lowest BCUT2D eigenvalue weighted by atomic mass is 10.0. The van der Waals surface area contributed by atoms with Crippen LogP contribution in [0.4, 0.5) is 0 Å². The van der Waals surface area contributed by atoms with Crippen LogP contribution in [0.1, 0.15) is 168 Å². The minimum absolute atomic E-state index is 0.0239. The Hall–Kier alpha value is -1.03. The topological polar surface area (TPSA) is 155 Å². The molecule has 4 N–H and O–H groups in total. The number of hydrogen-bond donors (Lipinski definition) is 3. The minimum atomic E-state index is -4.59. The molecule has 0 aromatic heterocycles. The quantitative estimate of drug-likeness (QED) is 0.0340. The van der Waals surface area contributed by atoms with Gasteiger partial charge in [0.1, 0.15) is 12.1 Å². The van der Waals surface area contributed by atoms with E-state index in [1.165, 1.54) is 103 Å². The van der Waals surface area contributed by atoms with Gasteiger partial charge >= 0.3 is 19.8 Å². The molecule has 0 bridgehead atoms. The molecule has 0 aromatic rings. The first kappa shape index (κ1) is 44.0. The Morgan fingerprint density at radius 3 is 1.47 bits per heavy atom. The molecule has 0 radical (unpaired) electrons. The standard InChI is InChI=1S/C34H68NO9P/c1-3-5-7-9-11-12-13-14-15-16-17-18-19-21-23-25-27-41-28-31(29-42-45(39,40)43-30-32(35)34(37)38)44-33(36)26-24-22-20-10-8-6-4-2/h31-32H,3-30,35H2,1-2H3,(H,37,38)(H,39,40). The van der Waals surface area contributed by atoms with Gasteiger partial charge in [-0.15, -0.1) is 0 Å². The number of carboxylic acid groups (broad SMARTS) is 1. The van der Waals surface area contributed by atoms with E-state index in [4.69, 9.17) is 24.8 Å². The molecule has 3 atom stereocenters. The minimum Gasteiger partial charge on any atom is -0.480 e. The van der Waals surface area contributed by atoms with Crippen LogP contribution < -0.4 is 5.73 Å². The van der Waals surface area contributed by atoms with Crippen LogP contribution in [0.2, 0.25) is 0 Å². The maximum Gasteiger partial charge on any atom is 0.472 e. The molecular formula is C34H68NO9P. The van der Waals surface area contributed by atoms with Crippen LogP contribution in [0.15, 0.2) is 0 Å². The zero-order chi connectivity index (χ0) is 33.4. The highest BCUT2D eigenvalue weighted by Gasteiger charge is 2.27. The molecule has 0 saturated heterocycles. The number of unbranched alkanes of at least 4 members (excludes halogenated alkanes) is 21. The first-order valence-corrected chi connectivity index (χ1v) is 19.6. The Bertz CT molecular complexity index is 740. The lowest BCUT2D eigenvalue weighted by molar-refractivity contribution is -0.154. The summed E-state index contributed by atoms with van der Waals surface area (Å²) in [4.78, 5) is 33.1. The maximum absolute atomic E-state index is 12.4. The predicted molar refractivity (Wildman–Crippen MR) is 180 cm³/mol. The van der Waals surface area contributed by atoms with Crippen molar-refractivity contribution < 1.29 is 42.7 Å². The number of nitrogens with two attached hydrogens (primary N) is 1. The van der Waals surface area contributed by atoms with E-state index in [1.807, 2.05) is 0 Å². The smallest absolute Gasteiger partial charge is 0.472 e. The SMILES string of the molecule is CCCCCCCCCCCCCCCCCCOCC(COP(=O)(O)OCC(N)C(=O)O)OC(=O)CCCCCCCCC. The first-order valence-electron chi connectivity index (χ1n) is 18.1. The van der Waals surface area contributed by atoms with Crippen molar-refractivity contribution in [2.75, 3.05) is 26.4 Å². The second-order valence-corrected chi connectivity index (χ2v) is 13.8. The number of aliphatic carboxylic acids is 1. The van der Waals surface area contributed by atoms with Gasteiger partial charge in [-0.1, -0.05) is 149 Å². The van der Waals surface area contributed by atoms with Crippen molar-refractivity contribution in [3.8, 4) is 0 Å².